The third kappa shape index (κ3) is 3.43. The van der Waals surface area contributed by atoms with Gasteiger partial charge in [0.2, 0.25) is 0 Å². The van der Waals surface area contributed by atoms with E-state index in [4.69, 9.17) is 15.0 Å². The van der Waals surface area contributed by atoms with E-state index in [-0.39, 0.29) is 5.60 Å². The summed E-state index contributed by atoms with van der Waals surface area (Å²) in [7, 11) is 1.73. The quantitative estimate of drug-likeness (QED) is 0.844. The van der Waals surface area contributed by atoms with Gasteiger partial charge in [0.15, 0.2) is 0 Å². The highest BCUT2D eigenvalue weighted by atomic mass is 16.5. The summed E-state index contributed by atoms with van der Waals surface area (Å²) in [5.41, 5.74) is 2.37. The summed E-state index contributed by atoms with van der Waals surface area (Å²) in [5, 5.41) is 9.04. The summed E-state index contributed by atoms with van der Waals surface area (Å²) in [6.45, 7) is 9.43. The van der Waals surface area contributed by atoms with Crippen LogP contribution in [-0.2, 0) is 17.7 Å². The lowest BCUT2D eigenvalue weighted by molar-refractivity contribution is 0.0209. The molecule has 4 nitrogen and oxygen atoms in total. The van der Waals surface area contributed by atoms with Crippen LogP contribution < -0.4 is 0 Å². The SMILES string of the molecule is COC(C)(C)Cc1nc2cc(C#N)ccc2n1CC(C)C. The van der Waals surface area contributed by atoms with Gasteiger partial charge in [-0.3, -0.25) is 0 Å². The van der Waals surface area contributed by atoms with Crippen molar-refractivity contribution in [1.29, 1.82) is 5.26 Å². The van der Waals surface area contributed by atoms with Crippen molar-refractivity contribution in [2.24, 2.45) is 5.92 Å². The molecule has 0 saturated carbocycles. The maximum Gasteiger partial charge on any atom is 0.112 e. The van der Waals surface area contributed by atoms with Gasteiger partial charge in [0.25, 0.3) is 0 Å². The number of hydrogen-bond donors (Lipinski definition) is 0. The average molecular weight is 285 g/mol. The molecule has 0 atom stereocenters. The van der Waals surface area contributed by atoms with Crippen molar-refractivity contribution in [1.82, 2.24) is 9.55 Å². The predicted octanol–water partition coefficient (Wildman–Crippen LogP) is 3.53. The van der Waals surface area contributed by atoms with Crippen LogP contribution in [0.4, 0.5) is 0 Å². The first-order valence-electron chi connectivity index (χ1n) is 7.30. The molecule has 0 unspecified atom stereocenters. The molecule has 2 rings (SSSR count). The Labute approximate surface area is 126 Å². The number of nitrogens with zero attached hydrogens (tertiary/aromatic N) is 3. The first kappa shape index (κ1) is 15.5. The van der Waals surface area contributed by atoms with Crippen LogP contribution in [0.1, 0.15) is 39.1 Å². The van der Waals surface area contributed by atoms with Gasteiger partial charge in [0.05, 0.1) is 28.3 Å². The van der Waals surface area contributed by atoms with Crippen LogP contribution in [-0.4, -0.2) is 22.3 Å². The molecule has 2 aromatic rings. The van der Waals surface area contributed by atoms with Gasteiger partial charge in [-0.1, -0.05) is 13.8 Å². The van der Waals surface area contributed by atoms with Crippen molar-refractivity contribution in [2.75, 3.05) is 7.11 Å². The van der Waals surface area contributed by atoms with Crippen molar-refractivity contribution < 1.29 is 4.74 Å². The first-order chi connectivity index (χ1) is 9.86. The monoisotopic (exact) mass is 285 g/mol. The Bertz CT molecular complexity index is 677. The van der Waals surface area contributed by atoms with Gasteiger partial charge in [0.1, 0.15) is 5.82 Å². The van der Waals surface area contributed by atoms with Gasteiger partial charge in [-0.15, -0.1) is 0 Å². The van der Waals surface area contributed by atoms with E-state index >= 15 is 0 Å². The maximum atomic E-state index is 9.04. The third-order valence-electron chi connectivity index (χ3n) is 3.64. The minimum absolute atomic E-state index is 0.256. The fourth-order valence-electron chi connectivity index (χ4n) is 2.41. The van der Waals surface area contributed by atoms with Gasteiger partial charge in [-0.05, 0) is 38.0 Å². The molecule has 0 N–H and O–H groups in total. The van der Waals surface area contributed by atoms with E-state index in [1.165, 1.54) is 0 Å². The molecule has 1 aromatic heterocycles. The smallest absolute Gasteiger partial charge is 0.112 e. The Balaban J connectivity index is 2.54. The molecule has 0 aliphatic heterocycles. The summed E-state index contributed by atoms with van der Waals surface area (Å²) in [5.74, 6) is 1.54. The fourth-order valence-corrected chi connectivity index (χ4v) is 2.41. The highest BCUT2D eigenvalue weighted by Crippen LogP contribution is 2.23. The summed E-state index contributed by atoms with van der Waals surface area (Å²) in [6, 6.07) is 7.88. The second-order valence-corrected chi connectivity index (χ2v) is 6.49. The second-order valence-electron chi connectivity index (χ2n) is 6.49. The summed E-state index contributed by atoms with van der Waals surface area (Å²) in [6.07, 6.45) is 0.743. The van der Waals surface area contributed by atoms with Crippen molar-refractivity contribution in [3.63, 3.8) is 0 Å². The zero-order valence-corrected chi connectivity index (χ0v) is 13.5. The molecule has 1 heterocycles. The van der Waals surface area contributed by atoms with E-state index in [9.17, 15) is 0 Å². The van der Waals surface area contributed by atoms with Crippen LogP contribution in [0.25, 0.3) is 11.0 Å². The summed E-state index contributed by atoms with van der Waals surface area (Å²) >= 11 is 0. The molecular weight excluding hydrogens is 262 g/mol. The first-order valence-corrected chi connectivity index (χ1v) is 7.30. The highest BCUT2D eigenvalue weighted by molar-refractivity contribution is 5.77. The Morgan fingerprint density at radius 3 is 2.67 bits per heavy atom. The molecule has 4 heteroatoms. The maximum absolute atomic E-state index is 9.04. The number of ether oxygens (including phenoxy) is 1. The minimum Gasteiger partial charge on any atom is -0.378 e. The van der Waals surface area contributed by atoms with Crippen LogP contribution in [0, 0.1) is 17.2 Å². The number of benzene rings is 1. The molecule has 0 amide bonds. The summed E-state index contributed by atoms with van der Waals surface area (Å²) in [4.78, 5) is 4.74. The Morgan fingerprint density at radius 1 is 1.38 bits per heavy atom. The molecule has 0 radical (unpaired) electrons. The molecule has 0 fully saturated rings. The largest absolute Gasteiger partial charge is 0.378 e. The second kappa shape index (κ2) is 5.87. The van der Waals surface area contributed by atoms with E-state index in [0.29, 0.717) is 11.5 Å². The van der Waals surface area contributed by atoms with Gasteiger partial charge in [0, 0.05) is 20.1 Å². The number of nitriles is 1. The normalized spacial score (nSPS) is 12.0. The van der Waals surface area contributed by atoms with Crippen LogP contribution in [0.15, 0.2) is 18.2 Å². The molecule has 21 heavy (non-hydrogen) atoms. The van der Waals surface area contributed by atoms with Crippen LogP contribution in [0.3, 0.4) is 0 Å². The number of imidazole rings is 1. The van der Waals surface area contributed by atoms with Crippen LogP contribution in [0.5, 0.6) is 0 Å². The zero-order chi connectivity index (χ0) is 15.6. The molecule has 0 spiro atoms. The molecular formula is C17H23N3O. The lowest BCUT2D eigenvalue weighted by Gasteiger charge is -2.23. The van der Waals surface area contributed by atoms with Gasteiger partial charge >= 0.3 is 0 Å². The van der Waals surface area contributed by atoms with E-state index in [2.05, 4.69) is 38.3 Å². The van der Waals surface area contributed by atoms with E-state index in [1.54, 1.807) is 7.11 Å². The van der Waals surface area contributed by atoms with Crippen molar-refractivity contribution in [3.05, 3.63) is 29.6 Å². The van der Waals surface area contributed by atoms with Gasteiger partial charge in [-0.25, -0.2) is 4.98 Å². The zero-order valence-electron chi connectivity index (χ0n) is 13.5. The molecule has 112 valence electrons. The number of methoxy groups -OCH3 is 1. The highest BCUT2D eigenvalue weighted by Gasteiger charge is 2.22. The number of rotatable bonds is 5. The Hall–Kier alpha value is -1.86. The lowest BCUT2D eigenvalue weighted by atomic mass is 10.0. The van der Waals surface area contributed by atoms with E-state index in [1.807, 2.05) is 18.2 Å². The topological polar surface area (TPSA) is 50.8 Å². The van der Waals surface area contributed by atoms with Gasteiger partial charge < -0.3 is 9.30 Å². The number of aromatic nitrogens is 2. The van der Waals surface area contributed by atoms with Crippen LogP contribution >= 0.6 is 0 Å². The minimum atomic E-state index is -0.256. The number of fused-ring (bicyclic) bond motifs is 1. The fraction of sp³-hybridized carbons (Fsp3) is 0.529. The Morgan fingerprint density at radius 2 is 2.10 bits per heavy atom. The van der Waals surface area contributed by atoms with Crippen molar-refractivity contribution in [3.8, 4) is 6.07 Å². The molecule has 1 aromatic carbocycles. The molecule has 0 aliphatic carbocycles. The number of hydrogen-bond acceptors (Lipinski definition) is 3. The predicted molar refractivity (Wildman–Crippen MR) is 84.1 cm³/mol. The Kier molecular flexibility index (Phi) is 4.34. The van der Waals surface area contributed by atoms with E-state index < -0.39 is 0 Å². The molecule has 0 saturated heterocycles. The standard InChI is InChI=1S/C17H23N3O/c1-12(2)11-20-15-7-6-13(10-18)8-14(15)19-16(20)9-17(3,4)21-5/h6-8,12H,9,11H2,1-5H3. The summed E-state index contributed by atoms with van der Waals surface area (Å²) < 4.78 is 7.79. The molecule has 0 bridgehead atoms. The average Bonchev–Trinajstić information content (AvgIpc) is 2.74. The lowest BCUT2D eigenvalue weighted by Crippen LogP contribution is -2.27. The third-order valence-corrected chi connectivity index (χ3v) is 3.64. The molecule has 0 aliphatic rings. The van der Waals surface area contributed by atoms with Crippen LogP contribution in [0.2, 0.25) is 0 Å². The van der Waals surface area contributed by atoms with Gasteiger partial charge in [-0.2, -0.15) is 5.26 Å². The van der Waals surface area contributed by atoms with Crippen molar-refractivity contribution >= 4 is 11.0 Å². The van der Waals surface area contributed by atoms with Crippen molar-refractivity contribution in [2.45, 2.75) is 46.3 Å². The van der Waals surface area contributed by atoms with E-state index in [0.717, 1.165) is 29.8 Å².